The number of hydrogen-bond acceptors (Lipinski definition) is 5. The SMILES string of the molecule is CCCCOc1ccc(C(=O)NCC(=O)OCC(=O)N[C@@H](C)CCC)cc1. The average molecular weight is 378 g/mol. The predicted octanol–water partition coefficient (Wildman–Crippen LogP) is 2.44. The van der Waals surface area contributed by atoms with E-state index >= 15 is 0 Å². The first kappa shape index (κ1) is 22.5. The van der Waals surface area contributed by atoms with Crippen molar-refractivity contribution in [2.45, 2.75) is 52.5 Å². The minimum Gasteiger partial charge on any atom is -0.494 e. The van der Waals surface area contributed by atoms with Gasteiger partial charge < -0.3 is 20.1 Å². The molecule has 0 bridgehead atoms. The van der Waals surface area contributed by atoms with Crippen LogP contribution in [0.3, 0.4) is 0 Å². The number of carbonyl (C=O) groups excluding carboxylic acids is 3. The van der Waals surface area contributed by atoms with Gasteiger partial charge in [-0.25, -0.2) is 0 Å². The number of esters is 1. The van der Waals surface area contributed by atoms with E-state index in [9.17, 15) is 14.4 Å². The average Bonchev–Trinajstić information content (AvgIpc) is 2.65. The molecule has 0 radical (unpaired) electrons. The second-order valence-corrected chi connectivity index (χ2v) is 6.33. The lowest BCUT2D eigenvalue weighted by molar-refractivity contribution is -0.147. The summed E-state index contributed by atoms with van der Waals surface area (Å²) in [4.78, 5) is 35.3. The van der Waals surface area contributed by atoms with Crippen molar-refractivity contribution in [3.8, 4) is 5.75 Å². The molecule has 1 rings (SSSR count). The van der Waals surface area contributed by atoms with E-state index < -0.39 is 11.9 Å². The van der Waals surface area contributed by atoms with Gasteiger partial charge in [-0.3, -0.25) is 14.4 Å². The minimum absolute atomic E-state index is 0.0369. The fourth-order valence-corrected chi connectivity index (χ4v) is 2.31. The number of carbonyl (C=O) groups is 3. The van der Waals surface area contributed by atoms with Gasteiger partial charge in [-0.05, 0) is 44.0 Å². The van der Waals surface area contributed by atoms with Crippen molar-refractivity contribution >= 4 is 17.8 Å². The van der Waals surface area contributed by atoms with Gasteiger partial charge in [0.25, 0.3) is 11.8 Å². The van der Waals surface area contributed by atoms with Crippen LogP contribution in [0, 0.1) is 0 Å². The second-order valence-electron chi connectivity index (χ2n) is 6.33. The van der Waals surface area contributed by atoms with Crippen LogP contribution in [0.2, 0.25) is 0 Å². The maximum Gasteiger partial charge on any atom is 0.325 e. The van der Waals surface area contributed by atoms with Crippen molar-refractivity contribution in [3.05, 3.63) is 29.8 Å². The fourth-order valence-electron chi connectivity index (χ4n) is 2.31. The van der Waals surface area contributed by atoms with E-state index in [0.29, 0.717) is 17.9 Å². The van der Waals surface area contributed by atoms with E-state index in [1.165, 1.54) is 0 Å². The summed E-state index contributed by atoms with van der Waals surface area (Å²) in [5, 5.41) is 5.20. The van der Waals surface area contributed by atoms with Gasteiger partial charge in [0.05, 0.1) is 6.61 Å². The summed E-state index contributed by atoms with van der Waals surface area (Å²) in [6.07, 6.45) is 3.84. The molecular formula is C20H30N2O5. The van der Waals surface area contributed by atoms with Gasteiger partial charge in [-0.1, -0.05) is 26.7 Å². The molecule has 0 spiro atoms. The maximum absolute atomic E-state index is 12.0. The quantitative estimate of drug-likeness (QED) is 0.430. The largest absolute Gasteiger partial charge is 0.494 e. The monoisotopic (exact) mass is 378 g/mol. The van der Waals surface area contributed by atoms with Crippen LogP contribution in [-0.4, -0.2) is 43.6 Å². The maximum atomic E-state index is 12.0. The molecule has 0 aliphatic heterocycles. The summed E-state index contributed by atoms with van der Waals surface area (Å²) < 4.78 is 10.4. The van der Waals surface area contributed by atoms with Crippen molar-refractivity contribution in [2.75, 3.05) is 19.8 Å². The topological polar surface area (TPSA) is 93.7 Å². The van der Waals surface area contributed by atoms with Crippen LogP contribution in [0.1, 0.15) is 56.8 Å². The van der Waals surface area contributed by atoms with E-state index in [0.717, 1.165) is 25.7 Å². The van der Waals surface area contributed by atoms with Gasteiger partial charge in [0.1, 0.15) is 12.3 Å². The zero-order valence-electron chi connectivity index (χ0n) is 16.4. The Bertz CT molecular complexity index is 601. The molecule has 0 saturated heterocycles. The van der Waals surface area contributed by atoms with E-state index in [4.69, 9.17) is 9.47 Å². The van der Waals surface area contributed by atoms with Crippen molar-refractivity contribution in [3.63, 3.8) is 0 Å². The lowest BCUT2D eigenvalue weighted by Crippen LogP contribution is -2.37. The Kier molecular flexibility index (Phi) is 10.6. The normalized spacial score (nSPS) is 11.4. The Morgan fingerprint density at radius 1 is 1.07 bits per heavy atom. The molecule has 1 atom stereocenters. The molecule has 2 N–H and O–H groups in total. The van der Waals surface area contributed by atoms with E-state index in [1.807, 2.05) is 13.8 Å². The Morgan fingerprint density at radius 3 is 2.41 bits per heavy atom. The van der Waals surface area contributed by atoms with Gasteiger partial charge >= 0.3 is 5.97 Å². The molecule has 0 aromatic heterocycles. The first-order valence-electron chi connectivity index (χ1n) is 9.42. The fraction of sp³-hybridized carbons (Fsp3) is 0.550. The van der Waals surface area contributed by atoms with Gasteiger partial charge in [0, 0.05) is 11.6 Å². The van der Waals surface area contributed by atoms with Crippen molar-refractivity contribution in [1.29, 1.82) is 0 Å². The highest BCUT2D eigenvalue weighted by Gasteiger charge is 2.12. The van der Waals surface area contributed by atoms with Gasteiger partial charge in [-0.2, -0.15) is 0 Å². The molecule has 0 aliphatic carbocycles. The highest BCUT2D eigenvalue weighted by molar-refractivity contribution is 5.96. The molecule has 1 aromatic carbocycles. The number of nitrogens with one attached hydrogen (secondary N) is 2. The van der Waals surface area contributed by atoms with Crippen LogP contribution < -0.4 is 15.4 Å². The smallest absolute Gasteiger partial charge is 0.325 e. The highest BCUT2D eigenvalue weighted by atomic mass is 16.5. The zero-order valence-corrected chi connectivity index (χ0v) is 16.4. The third kappa shape index (κ3) is 9.63. The standard InChI is InChI=1S/C20H30N2O5/c1-4-6-12-26-17-10-8-16(9-11-17)20(25)21-13-19(24)27-14-18(23)22-15(3)7-5-2/h8-11,15H,4-7,12-14H2,1-3H3,(H,21,25)(H,22,23)/t15-/m0/s1. The Hall–Kier alpha value is -2.57. The number of unbranched alkanes of at least 4 members (excludes halogenated alkanes) is 1. The zero-order chi connectivity index (χ0) is 20.1. The number of ether oxygens (including phenoxy) is 2. The predicted molar refractivity (Wildman–Crippen MR) is 103 cm³/mol. The summed E-state index contributed by atoms with van der Waals surface area (Å²) in [6, 6.07) is 6.72. The van der Waals surface area contributed by atoms with Crippen molar-refractivity contribution < 1.29 is 23.9 Å². The molecule has 0 heterocycles. The second kappa shape index (κ2) is 12.7. The Morgan fingerprint density at radius 2 is 1.78 bits per heavy atom. The van der Waals surface area contributed by atoms with Crippen LogP contribution in [0.4, 0.5) is 0 Å². The summed E-state index contributed by atoms with van der Waals surface area (Å²) in [7, 11) is 0. The number of amides is 2. The van der Waals surface area contributed by atoms with Gasteiger partial charge in [0.2, 0.25) is 0 Å². The molecule has 27 heavy (non-hydrogen) atoms. The van der Waals surface area contributed by atoms with E-state index in [-0.39, 0.29) is 25.1 Å². The third-order valence-electron chi connectivity index (χ3n) is 3.77. The van der Waals surface area contributed by atoms with Gasteiger partial charge in [0.15, 0.2) is 6.61 Å². The number of rotatable bonds is 12. The molecule has 0 unspecified atom stereocenters. The first-order valence-corrected chi connectivity index (χ1v) is 9.42. The Labute approximate surface area is 160 Å². The summed E-state index contributed by atoms with van der Waals surface area (Å²) in [6.45, 7) is 5.99. The number of hydrogen-bond donors (Lipinski definition) is 2. The molecule has 150 valence electrons. The molecular weight excluding hydrogens is 348 g/mol. The minimum atomic E-state index is -0.666. The van der Waals surface area contributed by atoms with Crippen molar-refractivity contribution in [1.82, 2.24) is 10.6 Å². The van der Waals surface area contributed by atoms with Gasteiger partial charge in [-0.15, -0.1) is 0 Å². The molecule has 1 aromatic rings. The summed E-state index contributed by atoms with van der Waals surface area (Å²) in [5.74, 6) is -0.716. The van der Waals surface area contributed by atoms with Crippen LogP contribution in [0.25, 0.3) is 0 Å². The molecule has 7 nitrogen and oxygen atoms in total. The van der Waals surface area contributed by atoms with Crippen LogP contribution in [-0.2, 0) is 14.3 Å². The molecule has 7 heteroatoms. The summed E-state index contributed by atoms with van der Waals surface area (Å²) >= 11 is 0. The van der Waals surface area contributed by atoms with Crippen molar-refractivity contribution in [2.24, 2.45) is 0 Å². The van der Waals surface area contributed by atoms with Crippen LogP contribution >= 0.6 is 0 Å². The lowest BCUT2D eigenvalue weighted by atomic mass is 10.2. The lowest BCUT2D eigenvalue weighted by Gasteiger charge is -2.12. The number of benzene rings is 1. The van der Waals surface area contributed by atoms with E-state index in [2.05, 4.69) is 17.6 Å². The molecule has 0 fully saturated rings. The van der Waals surface area contributed by atoms with Crippen LogP contribution in [0.15, 0.2) is 24.3 Å². The summed E-state index contributed by atoms with van der Waals surface area (Å²) in [5.41, 5.74) is 0.414. The Balaban J connectivity index is 2.30. The molecule has 2 amide bonds. The van der Waals surface area contributed by atoms with Crippen LogP contribution in [0.5, 0.6) is 5.75 Å². The third-order valence-corrected chi connectivity index (χ3v) is 3.77. The van der Waals surface area contributed by atoms with E-state index in [1.54, 1.807) is 24.3 Å². The molecule has 0 aliphatic rings. The molecule has 0 saturated carbocycles. The highest BCUT2D eigenvalue weighted by Crippen LogP contribution is 2.12. The first-order chi connectivity index (χ1) is 13.0.